The molecule has 3 atom stereocenters. The number of benzene rings is 1. The summed E-state index contributed by atoms with van der Waals surface area (Å²) in [6, 6.07) is 10.4. The molecule has 0 aromatic heterocycles. The van der Waals surface area contributed by atoms with Gasteiger partial charge in [0.1, 0.15) is 5.75 Å². The number of aliphatic imine (C=N–C) groups is 1. The van der Waals surface area contributed by atoms with Gasteiger partial charge in [-0.1, -0.05) is 19.1 Å². The minimum absolute atomic E-state index is 0. The molecule has 3 rings (SSSR count). The first-order valence-electron chi connectivity index (χ1n) is 9.97. The molecule has 152 valence electrons. The molecule has 3 unspecified atom stereocenters. The van der Waals surface area contributed by atoms with Crippen LogP contribution in [0.15, 0.2) is 29.3 Å². The lowest BCUT2D eigenvalue weighted by Gasteiger charge is -2.20. The third-order valence-electron chi connectivity index (χ3n) is 5.76. The maximum atomic E-state index is 5.23. The van der Waals surface area contributed by atoms with E-state index in [9.17, 15) is 0 Å². The summed E-state index contributed by atoms with van der Waals surface area (Å²) in [7, 11) is 3.56. The van der Waals surface area contributed by atoms with Crippen molar-refractivity contribution in [2.45, 2.75) is 63.6 Å². The highest BCUT2D eigenvalue weighted by Gasteiger charge is 2.38. The molecular formula is C21H35IN4O. The van der Waals surface area contributed by atoms with E-state index in [-0.39, 0.29) is 24.0 Å². The third kappa shape index (κ3) is 6.24. The quantitative estimate of drug-likeness (QED) is 0.352. The van der Waals surface area contributed by atoms with E-state index in [1.54, 1.807) is 7.11 Å². The molecule has 1 aromatic carbocycles. The first-order chi connectivity index (χ1) is 12.6. The van der Waals surface area contributed by atoms with E-state index in [1.807, 2.05) is 19.2 Å². The average Bonchev–Trinajstić information content (AvgIpc) is 3.44. The molecule has 6 heteroatoms. The van der Waals surface area contributed by atoms with E-state index in [2.05, 4.69) is 46.5 Å². The molecule has 27 heavy (non-hydrogen) atoms. The number of hydrogen-bond donors (Lipinski definition) is 2. The molecule has 5 nitrogen and oxygen atoms in total. The van der Waals surface area contributed by atoms with Crippen LogP contribution in [0.1, 0.15) is 51.0 Å². The van der Waals surface area contributed by atoms with Gasteiger partial charge in [0.05, 0.1) is 7.11 Å². The summed E-state index contributed by atoms with van der Waals surface area (Å²) < 4.78 is 5.23. The Labute approximate surface area is 181 Å². The Morgan fingerprint density at radius 2 is 2.00 bits per heavy atom. The molecule has 1 saturated heterocycles. The summed E-state index contributed by atoms with van der Waals surface area (Å²) >= 11 is 0. The fourth-order valence-electron chi connectivity index (χ4n) is 3.97. The van der Waals surface area contributed by atoms with Gasteiger partial charge in [-0.05, 0) is 56.2 Å². The van der Waals surface area contributed by atoms with Crippen molar-refractivity contribution >= 4 is 29.9 Å². The zero-order valence-corrected chi connectivity index (χ0v) is 19.4. The fraction of sp³-hybridized carbons (Fsp3) is 0.667. The van der Waals surface area contributed by atoms with Gasteiger partial charge < -0.3 is 15.4 Å². The van der Waals surface area contributed by atoms with Crippen LogP contribution in [0.5, 0.6) is 5.75 Å². The van der Waals surface area contributed by atoms with Crippen LogP contribution in [0.3, 0.4) is 0 Å². The average molecular weight is 486 g/mol. The molecule has 0 bridgehead atoms. The maximum absolute atomic E-state index is 5.23. The highest BCUT2D eigenvalue weighted by atomic mass is 127. The lowest BCUT2D eigenvalue weighted by molar-refractivity contribution is 0.256. The Balaban J connectivity index is 0.00000261. The molecular weight excluding hydrogens is 451 g/mol. The first-order valence-corrected chi connectivity index (χ1v) is 9.97. The first kappa shape index (κ1) is 22.3. The second kappa shape index (κ2) is 10.5. The normalized spacial score (nSPS) is 24.2. The van der Waals surface area contributed by atoms with Crippen LogP contribution >= 0.6 is 24.0 Å². The Morgan fingerprint density at radius 1 is 1.30 bits per heavy atom. The number of ether oxygens (including phenoxy) is 1. The Morgan fingerprint density at radius 3 is 2.59 bits per heavy atom. The predicted molar refractivity (Wildman–Crippen MR) is 124 cm³/mol. The number of nitrogens with one attached hydrogen (secondary N) is 2. The highest BCUT2D eigenvalue weighted by molar-refractivity contribution is 14.0. The van der Waals surface area contributed by atoms with Crippen LogP contribution in [0.25, 0.3) is 0 Å². The summed E-state index contributed by atoms with van der Waals surface area (Å²) in [6.07, 6.45) is 5.04. The Hall–Kier alpha value is -1.02. The van der Waals surface area contributed by atoms with E-state index in [0.29, 0.717) is 18.0 Å². The predicted octanol–water partition coefficient (Wildman–Crippen LogP) is 3.60. The summed E-state index contributed by atoms with van der Waals surface area (Å²) in [4.78, 5) is 7.08. The molecule has 1 aliphatic carbocycles. The summed E-state index contributed by atoms with van der Waals surface area (Å²) in [5.74, 6) is 2.35. The molecule has 0 radical (unpaired) electrons. The molecule has 0 amide bonds. The number of nitrogens with zero attached hydrogens (tertiary/aromatic N) is 2. The number of rotatable bonds is 7. The van der Waals surface area contributed by atoms with E-state index >= 15 is 0 Å². The SMILES string of the molecule is CN=C(NCCC(C)c1ccc(OC)cc1)NC1CC(C)N(C2CC2)C1.I. The van der Waals surface area contributed by atoms with Gasteiger partial charge in [-0.2, -0.15) is 0 Å². The Kier molecular flexibility index (Phi) is 8.66. The number of halogens is 1. The number of likely N-dealkylation sites (tertiary alicyclic amines) is 1. The van der Waals surface area contributed by atoms with Crippen molar-refractivity contribution in [3.8, 4) is 5.75 Å². The number of hydrogen-bond acceptors (Lipinski definition) is 3. The van der Waals surface area contributed by atoms with Gasteiger partial charge in [0.2, 0.25) is 0 Å². The standard InChI is InChI=1S/C21H34N4O.HI/c1-15(17-5-9-20(26-4)10-6-17)11-12-23-21(22-3)24-18-13-16(2)25(14-18)19-7-8-19;/h5-6,9-10,15-16,18-19H,7-8,11-14H2,1-4H3,(H2,22,23,24);1H. The van der Waals surface area contributed by atoms with Crippen LogP contribution in [0, 0.1) is 0 Å². The van der Waals surface area contributed by atoms with E-state index in [0.717, 1.165) is 37.3 Å². The van der Waals surface area contributed by atoms with Crippen molar-refractivity contribution in [1.82, 2.24) is 15.5 Å². The molecule has 2 N–H and O–H groups in total. The van der Waals surface area contributed by atoms with Crippen LogP contribution in [-0.4, -0.2) is 56.2 Å². The fourth-order valence-corrected chi connectivity index (χ4v) is 3.97. The summed E-state index contributed by atoms with van der Waals surface area (Å²) in [5, 5.41) is 7.11. The molecule has 1 saturated carbocycles. The zero-order valence-electron chi connectivity index (χ0n) is 17.1. The molecule has 1 heterocycles. The van der Waals surface area contributed by atoms with Gasteiger partial charge in [0, 0.05) is 38.3 Å². The largest absolute Gasteiger partial charge is 0.497 e. The third-order valence-corrected chi connectivity index (χ3v) is 5.76. The van der Waals surface area contributed by atoms with Crippen molar-refractivity contribution in [3.05, 3.63) is 29.8 Å². The number of methoxy groups -OCH3 is 1. The van der Waals surface area contributed by atoms with Gasteiger partial charge in [-0.3, -0.25) is 9.89 Å². The minimum Gasteiger partial charge on any atom is -0.497 e. The molecule has 2 fully saturated rings. The van der Waals surface area contributed by atoms with Gasteiger partial charge in [-0.15, -0.1) is 24.0 Å². The van der Waals surface area contributed by atoms with Gasteiger partial charge in [-0.25, -0.2) is 0 Å². The summed E-state index contributed by atoms with van der Waals surface area (Å²) in [6.45, 7) is 6.69. The second-order valence-corrected chi connectivity index (χ2v) is 7.82. The second-order valence-electron chi connectivity index (χ2n) is 7.82. The van der Waals surface area contributed by atoms with Crippen LogP contribution in [-0.2, 0) is 0 Å². The van der Waals surface area contributed by atoms with Gasteiger partial charge in [0.15, 0.2) is 5.96 Å². The lowest BCUT2D eigenvalue weighted by atomic mass is 9.98. The van der Waals surface area contributed by atoms with Crippen LogP contribution in [0.4, 0.5) is 0 Å². The number of guanidine groups is 1. The molecule has 1 aliphatic heterocycles. The lowest BCUT2D eigenvalue weighted by Crippen LogP contribution is -2.45. The van der Waals surface area contributed by atoms with Crippen molar-refractivity contribution in [3.63, 3.8) is 0 Å². The summed E-state index contributed by atoms with van der Waals surface area (Å²) in [5.41, 5.74) is 1.35. The molecule has 1 aromatic rings. The van der Waals surface area contributed by atoms with E-state index < -0.39 is 0 Å². The molecule has 2 aliphatic rings. The van der Waals surface area contributed by atoms with E-state index in [4.69, 9.17) is 4.74 Å². The highest BCUT2D eigenvalue weighted by Crippen LogP contribution is 2.33. The van der Waals surface area contributed by atoms with Gasteiger partial charge in [0.25, 0.3) is 0 Å². The van der Waals surface area contributed by atoms with Crippen LogP contribution < -0.4 is 15.4 Å². The van der Waals surface area contributed by atoms with Crippen molar-refractivity contribution in [1.29, 1.82) is 0 Å². The molecule has 0 spiro atoms. The topological polar surface area (TPSA) is 48.9 Å². The zero-order chi connectivity index (χ0) is 18.5. The van der Waals surface area contributed by atoms with E-state index in [1.165, 1.54) is 24.8 Å². The minimum atomic E-state index is 0. The maximum Gasteiger partial charge on any atom is 0.191 e. The van der Waals surface area contributed by atoms with Crippen molar-refractivity contribution in [2.75, 3.05) is 27.2 Å². The Bertz CT molecular complexity index is 603. The van der Waals surface area contributed by atoms with Gasteiger partial charge >= 0.3 is 0 Å². The van der Waals surface area contributed by atoms with Crippen LogP contribution in [0.2, 0.25) is 0 Å². The smallest absolute Gasteiger partial charge is 0.191 e. The van der Waals surface area contributed by atoms with Crippen molar-refractivity contribution in [2.24, 2.45) is 4.99 Å². The van der Waals surface area contributed by atoms with Crippen molar-refractivity contribution < 1.29 is 4.74 Å². The monoisotopic (exact) mass is 486 g/mol.